The maximum absolute atomic E-state index is 8.52. The fourth-order valence-corrected chi connectivity index (χ4v) is 2.03. The normalized spacial score (nSPS) is 11.4. The molecule has 19 heavy (non-hydrogen) atoms. The van der Waals surface area contributed by atoms with E-state index in [-0.39, 0.29) is 0 Å². The molecule has 0 atom stereocenters. The molecule has 0 saturated heterocycles. The number of hydrogen-bond donors (Lipinski definition) is 1. The lowest BCUT2D eigenvalue weighted by Gasteiger charge is -1.94. The SMILES string of the molecule is ON=Cc1ccc2oc(-c3cccc(Cl)c3)nc2c1. The molecule has 0 aliphatic heterocycles. The van der Waals surface area contributed by atoms with Gasteiger partial charge in [-0.1, -0.05) is 22.8 Å². The second-order valence-corrected chi connectivity index (χ2v) is 4.44. The van der Waals surface area contributed by atoms with Gasteiger partial charge >= 0.3 is 0 Å². The van der Waals surface area contributed by atoms with Gasteiger partial charge in [0, 0.05) is 10.6 Å². The van der Waals surface area contributed by atoms with Crippen LogP contribution >= 0.6 is 11.6 Å². The highest BCUT2D eigenvalue weighted by Crippen LogP contribution is 2.26. The van der Waals surface area contributed by atoms with E-state index in [1.54, 1.807) is 30.3 Å². The molecule has 0 unspecified atom stereocenters. The van der Waals surface area contributed by atoms with Gasteiger partial charge in [-0.25, -0.2) is 4.98 Å². The molecule has 0 amide bonds. The zero-order valence-corrected chi connectivity index (χ0v) is 10.5. The Morgan fingerprint density at radius 3 is 2.89 bits per heavy atom. The Kier molecular flexibility index (Phi) is 2.93. The zero-order chi connectivity index (χ0) is 13.2. The van der Waals surface area contributed by atoms with Crippen LogP contribution in [-0.4, -0.2) is 16.4 Å². The number of oxazole rings is 1. The number of hydrogen-bond acceptors (Lipinski definition) is 4. The van der Waals surface area contributed by atoms with Crippen LogP contribution in [0.4, 0.5) is 0 Å². The zero-order valence-electron chi connectivity index (χ0n) is 9.75. The first-order chi connectivity index (χ1) is 9.26. The van der Waals surface area contributed by atoms with Gasteiger partial charge in [0.25, 0.3) is 0 Å². The summed E-state index contributed by atoms with van der Waals surface area (Å²) in [6.45, 7) is 0. The maximum Gasteiger partial charge on any atom is 0.227 e. The molecule has 1 aromatic heterocycles. The van der Waals surface area contributed by atoms with Gasteiger partial charge in [-0.2, -0.15) is 0 Å². The molecule has 0 aliphatic rings. The van der Waals surface area contributed by atoms with Crippen molar-refractivity contribution in [2.24, 2.45) is 5.16 Å². The van der Waals surface area contributed by atoms with E-state index in [9.17, 15) is 0 Å². The molecule has 1 N–H and O–H groups in total. The number of nitrogens with zero attached hydrogens (tertiary/aromatic N) is 2. The highest BCUT2D eigenvalue weighted by Gasteiger charge is 2.08. The number of benzene rings is 2. The predicted octanol–water partition coefficient (Wildman–Crippen LogP) is 3.96. The predicted molar refractivity (Wildman–Crippen MR) is 73.8 cm³/mol. The number of halogens is 1. The first kappa shape index (κ1) is 11.7. The standard InChI is InChI=1S/C14H9ClN2O2/c15-11-3-1-2-10(7-11)14-17-12-6-9(8-16-18)4-5-13(12)19-14/h1-8,18H. The minimum Gasteiger partial charge on any atom is -0.436 e. The fourth-order valence-electron chi connectivity index (χ4n) is 1.84. The second kappa shape index (κ2) is 4.74. The summed E-state index contributed by atoms with van der Waals surface area (Å²) in [6, 6.07) is 12.7. The van der Waals surface area contributed by atoms with Crippen molar-refractivity contribution in [3.63, 3.8) is 0 Å². The molecular weight excluding hydrogens is 264 g/mol. The van der Waals surface area contributed by atoms with Crippen molar-refractivity contribution in [1.82, 2.24) is 4.98 Å². The summed E-state index contributed by atoms with van der Waals surface area (Å²) in [5.41, 5.74) is 2.94. The van der Waals surface area contributed by atoms with Crippen LogP contribution < -0.4 is 0 Å². The van der Waals surface area contributed by atoms with Gasteiger partial charge in [0.1, 0.15) is 5.52 Å². The van der Waals surface area contributed by atoms with Gasteiger partial charge < -0.3 is 9.62 Å². The minimum atomic E-state index is 0.510. The van der Waals surface area contributed by atoms with Crippen molar-refractivity contribution in [2.45, 2.75) is 0 Å². The summed E-state index contributed by atoms with van der Waals surface area (Å²) in [7, 11) is 0. The van der Waals surface area contributed by atoms with Crippen LogP contribution in [0.25, 0.3) is 22.6 Å². The Bertz CT molecular complexity index is 765. The summed E-state index contributed by atoms with van der Waals surface area (Å²) >= 11 is 5.95. The monoisotopic (exact) mass is 272 g/mol. The van der Waals surface area contributed by atoms with Crippen molar-refractivity contribution < 1.29 is 9.62 Å². The molecule has 1 heterocycles. The third-order valence-corrected chi connectivity index (χ3v) is 2.93. The topological polar surface area (TPSA) is 58.6 Å². The van der Waals surface area contributed by atoms with Crippen LogP contribution in [0.15, 0.2) is 52.0 Å². The molecule has 0 radical (unpaired) electrons. The highest BCUT2D eigenvalue weighted by atomic mass is 35.5. The van der Waals surface area contributed by atoms with Gasteiger partial charge in [0.05, 0.1) is 6.21 Å². The van der Waals surface area contributed by atoms with Gasteiger partial charge in [-0.05, 0) is 42.0 Å². The van der Waals surface area contributed by atoms with Gasteiger partial charge in [0.2, 0.25) is 5.89 Å². The fraction of sp³-hybridized carbons (Fsp3) is 0. The van der Waals surface area contributed by atoms with Crippen molar-refractivity contribution >= 4 is 28.9 Å². The summed E-state index contributed by atoms with van der Waals surface area (Å²) in [5.74, 6) is 0.510. The Morgan fingerprint density at radius 2 is 2.11 bits per heavy atom. The Morgan fingerprint density at radius 1 is 1.21 bits per heavy atom. The third-order valence-electron chi connectivity index (χ3n) is 2.69. The van der Waals surface area contributed by atoms with Crippen LogP contribution in [0.5, 0.6) is 0 Å². The van der Waals surface area contributed by atoms with E-state index in [4.69, 9.17) is 21.2 Å². The maximum atomic E-state index is 8.52. The molecule has 4 nitrogen and oxygen atoms in total. The van der Waals surface area contributed by atoms with Crippen LogP contribution in [0.3, 0.4) is 0 Å². The minimum absolute atomic E-state index is 0.510. The Labute approximate surface area is 113 Å². The van der Waals surface area contributed by atoms with Crippen LogP contribution in [0.1, 0.15) is 5.56 Å². The molecule has 0 aliphatic carbocycles. The lowest BCUT2D eigenvalue weighted by molar-refractivity contribution is 0.322. The quantitative estimate of drug-likeness (QED) is 0.436. The first-order valence-corrected chi connectivity index (χ1v) is 5.98. The molecule has 2 aromatic carbocycles. The third kappa shape index (κ3) is 2.30. The van der Waals surface area contributed by atoms with Crippen LogP contribution in [0.2, 0.25) is 5.02 Å². The average molecular weight is 273 g/mol. The smallest absolute Gasteiger partial charge is 0.227 e. The molecule has 0 saturated carbocycles. The summed E-state index contributed by atoms with van der Waals surface area (Å²) < 4.78 is 5.67. The number of fused-ring (bicyclic) bond motifs is 1. The first-order valence-electron chi connectivity index (χ1n) is 5.60. The molecule has 0 spiro atoms. The molecule has 3 aromatic rings. The van der Waals surface area contributed by atoms with E-state index < -0.39 is 0 Å². The van der Waals surface area contributed by atoms with Crippen LogP contribution in [-0.2, 0) is 0 Å². The number of aromatic nitrogens is 1. The molecule has 0 fully saturated rings. The molecule has 0 bridgehead atoms. The molecule has 3 rings (SSSR count). The Hall–Kier alpha value is -2.33. The summed E-state index contributed by atoms with van der Waals surface area (Å²) in [6.07, 6.45) is 1.34. The van der Waals surface area contributed by atoms with E-state index in [0.29, 0.717) is 22.0 Å². The number of oxime groups is 1. The van der Waals surface area contributed by atoms with E-state index in [2.05, 4.69) is 10.1 Å². The van der Waals surface area contributed by atoms with Gasteiger partial charge in [0.15, 0.2) is 5.58 Å². The van der Waals surface area contributed by atoms with E-state index >= 15 is 0 Å². The lowest BCUT2D eigenvalue weighted by Crippen LogP contribution is -1.80. The number of rotatable bonds is 2. The van der Waals surface area contributed by atoms with E-state index in [1.165, 1.54) is 6.21 Å². The summed E-state index contributed by atoms with van der Waals surface area (Å²) in [4.78, 5) is 4.40. The van der Waals surface area contributed by atoms with Crippen LogP contribution in [0, 0.1) is 0 Å². The Balaban J connectivity index is 2.11. The van der Waals surface area contributed by atoms with Crippen molar-refractivity contribution in [1.29, 1.82) is 0 Å². The van der Waals surface area contributed by atoms with E-state index in [0.717, 1.165) is 11.1 Å². The van der Waals surface area contributed by atoms with Crippen molar-refractivity contribution in [2.75, 3.05) is 0 Å². The molecule has 94 valence electrons. The summed E-state index contributed by atoms with van der Waals surface area (Å²) in [5, 5.41) is 12.1. The molecular formula is C14H9ClN2O2. The largest absolute Gasteiger partial charge is 0.436 e. The van der Waals surface area contributed by atoms with Crippen molar-refractivity contribution in [3.05, 3.63) is 53.1 Å². The average Bonchev–Trinajstić information content (AvgIpc) is 2.82. The second-order valence-electron chi connectivity index (χ2n) is 4.00. The van der Waals surface area contributed by atoms with Gasteiger partial charge in [-0.3, -0.25) is 0 Å². The lowest BCUT2D eigenvalue weighted by atomic mass is 10.2. The van der Waals surface area contributed by atoms with E-state index in [1.807, 2.05) is 12.1 Å². The van der Waals surface area contributed by atoms with Gasteiger partial charge in [-0.15, -0.1) is 0 Å². The molecule has 5 heteroatoms. The highest BCUT2D eigenvalue weighted by molar-refractivity contribution is 6.30. The van der Waals surface area contributed by atoms with Crippen molar-refractivity contribution in [3.8, 4) is 11.5 Å².